The number of pyridine rings is 1. The SMILES string of the molecule is [CH]C(=O)NC(C(=O)NCCc1ccccn1)C(C)C. The minimum atomic E-state index is -0.696. The summed E-state index contributed by atoms with van der Waals surface area (Å²) in [5.41, 5.74) is 0.909. The van der Waals surface area contributed by atoms with Crippen LogP contribution in [0.2, 0.25) is 0 Å². The first-order valence-corrected chi connectivity index (χ1v) is 6.24. The highest BCUT2D eigenvalue weighted by Gasteiger charge is 2.22. The fourth-order valence-electron chi connectivity index (χ4n) is 1.66. The van der Waals surface area contributed by atoms with Crippen molar-refractivity contribution in [1.82, 2.24) is 15.6 Å². The number of nitrogens with zero attached hydrogens (tertiary/aromatic N) is 1. The summed E-state index contributed by atoms with van der Waals surface area (Å²) in [7, 11) is 0. The van der Waals surface area contributed by atoms with Gasteiger partial charge < -0.3 is 10.6 Å². The molecular weight excluding hydrogens is 242 g/mol. The number of aromatic nitrogens is 1. The molecule has 0 fully saturated rings. The Morgan fingerprint density at radius 1 is 1.37 bits per heavy atom. The van der Waals surface area contributed by atoms with Crippen LogP contribution in [-0.4, -0.2) is 29.4 Å². The molecule has 1 heterocycles. The number of hydrogen-bond acceptors (Lipinski definition) is 3. The lowest BCUT2D eigenvalue weighted by Crippen LogP contribution is -2.49. The molecule has 5 nitrogen and oxygen atoms in total. The Labute approximate surface area is 113 Å². The number of nitrogens with one attached hydrogen (secondary N) is 2. The summed E-state index contributed by atoms with van der Waals surface area (Å²) in [6.45, 7) is 9.21. The molecule has 0 saturated carbocycles. The van der Waals surface area contributed by atoms with Crippen molar-refractivity contribution in [1.29, 1.82) is 0 Å². The zero-order valence-corrected chi connectivity index (χ0v) is 11.2. The zero-order chi connectivity index (χ0) is 14.3. The quantitative estimate of drug-likeness (QED) is 0.787. The van der Waals surface area contributed by atoms with Gasteiger partial charge in [0, 0.05) is 24.9 Å². The Morgan fingerprint density at radius 2 is 2.11 bits per heavy atom. The molecule has 0 saturated heterocycles. The van der Waals surface area contributed by atoms with Crippen molar-refractivity contribution in [2.24, 2.45) is 5.92 Å². The van der Waals surface area contributed by atoms with Crippen LogP contribution in [0.3, 0.4) is 0 Å². The molecule has 0 aromatic carbocycles. The van der Waals surface area contributed by atoms with Gasteiger partial charge >= 0.3 is 0 Å². The van der Waals surface area contributed by atoms with Crippen molar-refractivity contribution in [3.63, 3.8) is 0 Å². The minimum Gasteiger partial charge on any atom is -0.354 e. The van der Waals surface area contributed by atoms with Gasteiger partial charge in [0.25, 0.3) is 0 Å². The number of carbonyl (C=O) groups excluding carboxylic acids is 2. The smallest absolute Gasteiger partial charge is 0.242 e. The largest absolute Gasteiger partial charge is 0.354 e. The second-order valence-corrected chi connectivity index (χ2v) is 4.59. The van der Waals surface area contributed by atoms with E-state index in [0.717, 1.165) is 5.69 Å². The maximum absolute atomic E-state index is 11.9. The zero-order valence-electron chi connectivity index (χ0n) is 11.2. The van der Waals surface area contributed by atoms with E-state index in [1.54, 1.807) is 6.20 Å². The number of hydrogen-bond donors (Lipinski definition) is 2. The van der Waals surface area contributed by atoms with Gasteiger partial charge in [-0.2, -0.15) is 0 Å². The highest BCUT2D eigenvalue weighted by Crippen LogP contribution is 2.02. The second kappa shape index (κ2) is 7.51. The molecular formula is C14H19N3O2. The molecule has 102 valence electrons. The lowest BCUT2D eigenvalue weighted by atomic mass is 10.0. The number of amides is 2. The second-order valence-electron chi connectivity index (χ2n) is 4.59. The van der Waals surface area contributed by atoms with E-state index in [9.17, 15) is 9.59 Å². The van der Waals surface area contributed by atoms with E-state index >= 15 is 0 Å². The van der Waals surface area contributed by atoms with Gasteiger partial charge in [-0.1, -0.05) is 19.9 Å². The van der Waals surface area contributed by atoms with E-state index in [-0.39, 0.29) is 11.8 Å². The molecule has 1 rings (SSSR count). The van der Waals surface area contributed by atoms with Gasteiger partial charge in [-0.05, 0) is 18.1 Å². The number of carbonyl (C=O) groups is 2. The van der Waals surface area contributed by atoms with Gasteiger partial charge in [0.1, 0.15) is 6.04 Å². The normalized spacial score (nSPS) is 12.0. The molecule has 0 bridgehead atoms. The van der Waals surface area contributed by atoms with Crippen LogP contribution in [0.4, 0.5) is 0 Å². The van der Waals surface area contributed by atoms with Crippen molar-refractivity contribution in [2.45, 2.75) is 26.3 Å². The van der Waals surface area contributed by atoms with Crippen LogP contribution in [0.15, 0.2) is 24.4 Å². The molecule has 19 heavy (non-hydrogen) atoms. The molecule has 0 spiro atoms. The average Bonchev–Trinajstić information content (AvgIpc) is 2.36. The lowest BCUT2D eigenvalue weighted by molar-refractivity contribution is -0.128. The topological polar surface area (TPSA) is 71.1 Å². The van der Waals surface area contributed by atoms with Gasteiger partial charge in [0.05, 0.1) is 6.92 Å². The Bertz CT molecular complexity index is 418. The van der Waals surface area contributed by atoms with Crippen molar-refractivity contribution in [3.8, 4) is 0 Å². The van der Waals surface area contributed by atoms with E-state index in [4.69, 9.17) is 6.92 Å². The summed E-state index contributed by atoms with van der Waals surface area (Å²) in [6, 6.07) is 5.03. The van der Waals surface area contributed by atoms with Crippen LogP contribution < -0.4 is 10.6 Å². The summed E-state index contributed by atoms with van der Waals surface area (Å²) >= 11 is 0. The van der Waals surface area contributed by atoms with E-state index in [0.29, 0.717) is 13.0 Å². The van der Waals surface area contributed by atoms with Crippen molar-refractivity contribution < 1.29 is 9.59 Å². The first kappa shape index (κ1) is 15.1. The molecule has 2 radical (unpaired) electrons. The van der Waals surface area contributed by atoms with Crippen molar-refractivity contribution in [3.05, 3.63) is 37.0 Å². The van der Waals surface area contributed by atoms with Gasteiger partial charge in [-0.15, -0.1) is 0 Å². The lowest BCUT2D eigenvalue weighted by Gasteiger charge is -2.20. The van der Waals surface area contributed by atoms with E-state index in [2.05, 4.69) is 15.6 Å². The third-order valence-electron chi connectivity index (χ3n) is 2.65. The molecule has 1 aromatic heterocycles. The van der Waals surface area contributed by atoms with E-state index in [1.165, 1.54) is 0 Å². The van der Waals surface area contributed by atoms with Crippen LogP contribution in [0.5, 0.6) is 0 Å². The van der Waals surface area contributed by atoms with Gasteiger partial charge in [-0.25, -0.2) is 0 Å². The molecule has 2 N–H and O–H groups in total. The predicted molar refractivity (Wildman–Crippen MR) is 72.0 cm³/mol. The Kier molecular flexibility index (Phi) is 5.99. The highest BCUT2D eigenvalue weighted by molar-refractivity contribution is 5.89. The molecule has 2 amide bonds. The summed E-state index contributed by atoms with van der Waals surface area (Å²) in [4.78, 5) is 26.9. The van der Waals surface area contributed by atoms with E-state index < -0.39 is 11.9 Å². The van der Waals surface area contributed by atoms with Crippen LogP contribution in [-0.2, 0) is 16.0 Å². The van der Waals surface area contributed by atoms with Crippen LogP contribution in [0, 0.1) is 12.8 Å². The fourth-order valence-corrected chi connectivity index (χ4v) is 1.66. The Balaban J connectivity index is 2.42. The monoisotopic (exact) mass is 261 g/mol. The minimum absolute atomic E-state index is 0.0256. The Hall–Kier alpha value is -1.91. The molecule has 0 aliphatic rings. The van der Waals surface area contributed by atoms with Crippen LogP contribution in [0.25, 0.3) is 0 Å². The fraction of sp³-hybridized carbons (Fsp3) is 0.429. The molecule has 1 atom stereocenters. The number of rotatable bonds is 6. The summed E-state index contributed by atoms with van der Waals surface area (Å²) in [5, 5.41) is 5.21. The average molecular weight is 261 g/mol. The van der Waals surface area contributed by atoms with Gasteiger partial charge in [0.15, 0.2) is 0 Å². The molecule has 1 unspecified atom stereocenters. The molecule has 1 aromatic rings. The molecule has 0 aliphatic carbocycles. The predicted octanol–water partition coefficient (Wildman–Crippen LogP) is 0.592. The van der Waals surface area contributed by atoms with Gasteiger partial charge in [0.2, 0.25) is 11.8 Å². The summed E-state index contributed by atoms with van der Waals surface area (Å²) < 4.78 is 0. The summed E-state index contributed by atoms with van der Waals surface area (Å²) in [6.07, 6.45) is 2.36. The third kappa shape index (κ3) is 5.50. The van der Waals surface area contributed by atoms with Crippen LogP contribution >= 0.6 is 0 Å². The third-order valence-corrected chi connectivity index (χ3v) is 2.65. The standard InChI is InChI=1S/C14H19N3O2/c1-10(2)13(17-11(3)18)14(19)16-9-7-12-6-4-5-8-15-12/h3-6,8,10,13H,7,9H2,1-2H3,(H,16,19)(H,17,18). The first-order chi connectivity index (χ1) is 9.00. The maximum atomic E-state index is 11.9. The summed E-state index contributed by atoms with van der Waals surface area (Å²) in [5.74, 6) is -0.953. The van der Waals surface area contributed by atoms with E-state index in [1.807, 2.05) is 32.0 Å². The first-order valence-electron chi connectivity index (χ1n) is 6.24. The Morgan fingerprint density at radius 3 is 2.63 bits per heavy atom. The van der Waals surface area contributed by atoms with Crippen molar-refractivity contribution >= 4 is 11.8 Å². The van der Waals surface area contributed by atoms with Gasteiger partial charge in [-0.3, -0.25) is 14.6 Å². The molecule has 5 heteroatoms. The van der Waals surface area contributed by atoms with Crippen molar-refractivity contribution in [2.75, 3.05) is 6.54 Å². The molecule has 0 aliphatic heterocycles. The van der Waals surface area contributed by atoms with Crippen LogP contribution in [0.1, 0.15) is 19.5 Å². The highest BCUT2D eigenvalue weighted by atomic mass is 16.2. The maximum Gasteiger partial charge on any atom is 0.242 e.